The summed E-state index contributed by atoms with van der Waals surface area (Å²) in [5.74, 6) is 0.185. The van der Waals surface area contributed by atoms with Gasteiger partial charge in [-0.15, -0.1) is 0 Å². The van der Waals surface area contributed by atoms with Crippen LogP contribution in [0.2, 0.25) is 0 Å². The average Bonchev–Trinajstić information content (AvgIpc) is 3.02. The molecule has 3 rings (SSSR count). The van der Waals surface area contributed by atoms with Crippen LogP contribution < -0.4 is 16.2 Å². The number of hydrogen-bond donors (Lipinski definition) is 2. The third-order valence-corrected chi connectivity index (χ3v) is 4.91. The van der Waals surface area contributed by atoms with Crippen molar-refractivity contribution in [3.8, 4) is 6.01 Å². The summed E-state index contributed by atoms with van der Waals surface area (Å²) >= 11 is 0. The maximum absolute atomic E-state index is 12.4. The molecule has 0 aromatic carbocycles. The number of fused-ring (bicyclic) bond motifs is 1. The lowest BCUT2D eigenvalue weighted by atomic mass is 10.1. The first-order valence-corrected chi connectivity index (χ1v) is 10.3. The molecular weight excluding hydrogens is 374 g/mol. The number of oxime groups is 1. The van der Waals surface area contributed by atoms with Crippen molar-refractivity contribution in [2.75, 3.05) is 38.6 Å². The van der Waals surface area contributed by atoms with Gasteiger partial charge in [-0.05, 0) is 39.3 Å². The van der Waals surface area contributed by atoms with E-state index >= 15 is 0 Å². The van der Waals surface area contributed by atoms with E-state index in [2.05, 4.69) is 31.9 Å². The average molecular weight is 406 g/mol. The molecule has 160 valence electrons. The molecule has 3 N–H and O–H groups in total. The molecule has 3 heterocycles. The molecule has 0 amide bonds. The van der Waals surface area contributed by atoms with Gasteiger partial charge in [0.2, 0.25) is 0 Å². The van der Waals surface area contributed by atoms with E-state index in [1.807, 2.05) is 6.92 Å². The number of nitrogen functional groups attached to an aromatic ring is 1. The van der Waals surface area contributed by atoms with Crippen molar-refractivity contribution in [1.29, 1.82) is 0 Å². The third kappa shape index (κ3) is 5.69. The zero-order chi connectivity index (χ0) is 20.6. The molecule has 1 aliphatic rings. The molecule has 0 radical (unpaired) electrons. The van der Waals surface area contributed by atoms with Crippen molar-refractivity contribution in [1.82, 2.24) is 24.4 Å². The summed E-state index contributed by atoms with van der Waals surface area (Å²) in [6.07, 6.45) is 5.71. The largest absolute Gasteiger partial charge is 0.463 e. The van der Waals surface area contributed by atoms with Gasteiger partial charge in [-0.2, -0.15) is 9.97 Å². The van der Waals surface area contributed by atoms with Gasteiger partial charge in [0, 0.05) is 6.54 Å². The van der Waals surface area contributed by atoms with Crippen LogP contribution in [0.5, 0.6) is 6.01 Å². The molecule has 10 heteroatoms. The molecule has 0 bridgehead atoms. The second-order valence-electron chi connectivity index (χ2n) is 7.37. The highest BCUT2D eigenvalue weighted by atomic mass is 16.6. The van der Waals surface area contributed by atoms with Crippen molar-refractivity contribution in [3.63, 3.8) is 0 Å². The summed E-state index contributed by atoms with van der Waals surface area (Å²) in [5, 5.41) is 4.15. The summed E-state index contributed by atoms with van der Waals surface area (Å²) in [7, 11) is 0. The standard InChI is InChI=1S/C19H31N7O3/c1-3-4-11-28-18-22-16(20)15-17(23-18)26(19(27)21-15)13-14(2)24-29-12-10-25-8-6-5-7-9-25/h3-13H2,1-2H3,(H,21,27)(H2,20,22,23)/b24-14+. The fraction of sp³-hybridized carbons (Fsp3) is 0.684. The molecule has 0 unspecified atom stereocenters. The van der Waals surface area contributed by atoms with Crippen LogP contribution in [0.15, 0.2) is 9.95 Å². The molecule has 10 nitrogen and oxygen atoms in total. The van der Waals surface area contributed by atoms with Gasteiger partial charge in [-0.3, -0.25) is 9.47 Å². The second kappa shape index (κ2) is 10.2. The van der Waals surface area contributed by atoms with Crippen LogP contribution in [-0.4, -0.2) is 63.0 Å². The number of aromatic nitrogens is 4. The fourth-order valence-electron chi connectivity index (χ4n) is 3.32. The Morgan fingerprint density at radius 1 is 1.24 bits per heavy atom. The number of nitrogens with two attached hydrogens (primary N) is 1. The number of hydrogen-bond acceptors (Lipinski definition) is 8. The first-order chi connectivity index (χ1) is 14.1. The highest BCUT2D eigenvalue weighted by Crippen LogP contribution is 2.18. The number of aromatic amines is 1. The number of likely N-dealkylation sites (tertiary alicyclic amines) is 1. The first-order valence-electron chi connectivity index (χ1n) is 10.3. The van der Waals surface area contributed by atoms with E-state index in [9.17, 15) is 4.79 Å². The van der Waals surface area contributed by atoms with Gasteiger partial charge in [0.25, 0.3) is 0 Å². The lowest BCUT2D eigenvalue weighted by Gasteiger charge is -2.25. The summed E-state index contributed by atoms with van der Waals surface area (Å²) in [6.45, 7) is 8.28. The zero-order valence-electron chi connectivity index (χ0n) is 17.3. The molecule has 1 saturated heterocycles. The Bertz CT molecular complexity index is 884. The molecule has 29 heavy (non-hydrogen) atoms. The molecule has 0 saturated carbocycles. The summed E-state index contributed by atoms with van der Waals surface area (Å²) in [6, 6.07) is 0.170. The van der Waals surface area contributed by atoms with Crippen LogP contribution in [-0.2, 0) is 11.4 Å². The summed E-state index contributed by atoms with van der Waals surface area (Å²) in [4.78, 5) is 31.4. The second-order valence-corrected chi connectivity index (χ2v) is 7.37. The number of nitrogens with one attached hydrogen (secondary N) is 1. The van der Waals surface area contributed by atoms with Crippen molar-refractivity contribution in [2.24, 2.45) is 5.16 Å². The quantitative estimate of drug-likeness (QED) is 0.351. The van der Waals surface area contributed by atoms with Gasteiger partial charge in [0.15, 0.2) is 11.5 Å². The number of anilines is 1. The molecule has 2 aromatic rings. The number of unbranched alkanes of at least 4 members (excludes halogenated alkanes) is 1. The van der Waals surface area contributed by atoms with Crippen LogP contribution in [0.4, 0.5) is 5.82 Å². The van der Waals surface area contributed by atoms with Crippen molar-refractivity contribution >= 4 is 22.7 Å². The lowest BCUT2D eigenvalue weighted by Crippen LogP contribution is -2.32. The summed E-state index contributed by atoms with van der Waals surface area (Å²) < 4.78 is 7.02. The number of nitrogens with zero attached hydrogens (tertiary/aromatic N) is 5. The predicted octanol–water partition coefficient (Wildman–Crippen LogP) is 1.76. The molecule has 1 fully saturated rings. The topological polar surface area (TPSA) is 124 Å². The van der Waals surface area contributed by atoms with Crippen molar-refractivity contribution < 1.29 is 9.57 Å². The van der Waals surface area contributed by atoms with Crippen LogP contribution in [0, 0.1) is 0 Å². The molecule has 2 aromatic heterocycles. The zero-order valence-corrected chi connectivity index (χ0v) is 17.3. The molecule has 0 atom stereocenters. The van der Waals surface area contributed by atoms with Gasteiger partial charge >= 0.3 is 11.7 Å². The normalized spacial score (nSPS) is 15.7. The fourth-order valence-corrected chi connectivity index (χ4v) is 3.32. The number of rotatable bonds is 10. The molecular formula is C19H31N7O3. The van der Waals surface area contributed by atoms with Gasteiger partial charge in [-0.25, -0.2) is 4.79 Å². The van der Waals surface area contributed by atoms with Crippen LogP contribution in [0.25, 0.3) is 11.2 Å². The van der Waals surface area contributed by atoms with E-state index in [-0.39, 0.29) is 24.1 Å². The SMILES string of the molecule is CCCCOc1nc(N)c2[nH]c(=O)n(C/C(C)=N/OCCN3CCCCC3)c2n1. The van der Waals surface area contributed by atoms with Gasteiger partial charge in [0.05, 0.1) is 18.9 Å². The maximum Gasteiger partial charge on any atom is 0.328 e. The molecule has 0 aliphatic carbocycles. The number of imidazole rings is 1. The smallest absolute Gasteiger partial charge is 0.328 e. The number of piperidine rings is 1. The van der Waals surface area contributed by atoms with Gasteiger partial charge in [-0.1, -0.05) is 24.9 Å². The highest BCUT2D eigenvalue weighted by molar-refractivity contribution is 5.85. The lowest BCUT2D eigenvalue weighted by molar-refractivity contribution is 0.102. The van der Waals surface area contributed by atoms with E-state index in [1.165, 1.54) is 23.8 Å². The predicted molar refractivity (Wildman–Crippen MR) is 112 cm³/mol. The monoisotopic (exact) mass is 405 g/mol. The summed E-state index contributed by atoms with van der Waals surface area (Å²) in [5.41, 5.74) is 7.11. The van der Waals surface area contributed by atoms with Crippen molar-refractivity contribution in [2.45, 2.75) is 52.5 Å². The molecule has 0 spiro atoms. The van der Waals surface area contributed by atoms with E-state index < -0.39 is 0 Å². The third-order valence-electron chi connectivity index (χ3n) is 4.91. The van der Waals surface area contributed by atoms with Gasteiger partial charge < -0.3 is 20.3 Å². The Morgan fingerprint density at radius 2 is 2.03 bits per heavy atom. The van der Waals surface area contributed by atoms with Crippen LogP contribution >= 0.6 is 0 Å². The minimum absolute atomic E-state index is 0.170. The Balaban J connectivity index is 1.64. The maximum atomic E-state index is 12.4. The Kier molecular flexibility index (Phi) is 7.45. The van der Waals surface area contributed by atoms with Gasteiger partial charge in [0.1, 0.15) is 12.1 Å². The Hall–Kier alpha value is -2.62. The van der Waals surface area contributed by atoms with E-state index in [0.29, 0.717) is 30.1 Å². The van der Waals surface area contributed by atoms with E-state index in [1.54, 1.807) is 0 Å². The minimum Gasteiger partial charge on any atom is -0.463 e. The number of ether oxygens (including phenoxy) is 1. The Morgan fingerprint density at radius 3 is 2.79 bits per heavy atom. The minimum atomic E-state index is -0.324. The highest BCUT2D eigenvalue weighted by Gasteiger charge is 2.15. The van der Waals surface area contributed by atoms with E-state index in [0.717, 1.165) is 32.5 Å². The first kappa shape index (κ1) is 21.1. The van der Waals surface area contributed by atoms with Crippen LogP contribution in [0.3, 0.4) is 0 Å². The number of H-pyrrole nitrogens is 1. The Labute approximate surface area is 170 Å². The van der Waals surface area contributed by atoms with Crippen molar-refractivity contribution in [3.05, 3.63) is 10.5 Å². The van der Waals surface area contributed by atoms with E-state index in [4.69, 9.17) is 15.3 Å². The molecule has 1 aliphatic heterocycles. The van der Waals surface area contributed by atoms with Crippen LogP contribution in [0.1, 0.15) is 46.0 Å².